The first kappa shape index (κ1) is 14.4. The molecule has 0 N–H and O–H groups in total. The number of rotatable bonds is 2. The summed E-state index contributed by atoms with van der Waals surface area (Å²) in [6.45, 7) is 0. The van der Waals surface area contributed by atoms with Crippen molar-refractivity contribution in [3.05, 3.63) is 0 Å². The van der Waals surface area contributed by atoms with Crippen LogP contribution in [0.1, 0.15) is 0 Å². The fraction of sp³-hybridized carbons (Fsp3) is 0.500. The van der Waals surface area contributed by atoms with Gasteiger partial charge in [0.05, 0.1) is 0 Å². The number of hydrogen-bond acceptors (Lipinski definition) is 2. The molecule has 0 aliphatic rings. The van der Waals surface area contributed by atoms with Crippen molar-refractivity contribution < 1.29 is 0 Å². The molecule has 0 saturated heterocycles. The Morgan fingerprint density at radius 1 is 1.08 bits per heavy atom. The van der Waals surface area contributed by atoms with E-state index in [1.165, 1.54) is 0 Å². The van der Waals surface area contributed by atoms with E-state index in [1.54, 1.807) is 0 Å². The van der Waals surface area contributed by atoms with Crippen LogP contribution in [0, 0.1) is 0 Å². The van der Waals surface area contributed by atoms with E-state index in [1.807, 2.05) is 0 Å². The summed E-state index contributed by atoms with van der Waals surface area (Å²) < 4.78 is -2.17. The molecule has 0 heterocycles. The van der Waals surface area contributed by atoms with Gasteiger partial charge in [0.15, 0.2) is 10.1 Å². The number of halogens is 7. The van der Waals surface area contributed by atoms with Crippen LogP contribution in [0.25, 0.3) is 0 Å². The first-order valence-corrected chi connectivity index (χ1v) is 5.27. The van der Waals surface area contributed by atoms with Crippen LogP contribution in [0.5, 0.6) is 0 Å². The standard InChI is InChI=1S/C4HCl7N2/c5-1(12-3(7)8)2(6)13-4(9,10)11/h1H. The van der Waals surface area contributed by atoms with E-state index < -0.39 is 9.42 Å². The number of aliphatic imine (C=N–C) groups is 2. The molecule has 0 aliphatic carbocycles. The number of alkyl halides is 4. The summed E-state index contributed by atoms with van der Waals surface area (Å²) in [5.74, 6) is 0. The minimum atomic E-state index is -1.88. The highest BCUT2D eigenvalue weighted by Gasteiger charge is 2.21. The molecule has 0 saturated carbocycles. The molecule has 0 spiro atoms. The molecule has 76 valence electrons. The van der Waals surface area contributed by atoms with E-state index in [9.17, 15) is 0 Å². The summed E-state index contributed by atoms with van der Waals surface area (Å²) in [6, 6.07) is 0. The highest BCUT2D eigenvalue weighted by Crippen LogP contribution is 2.29. The van der Waals surface area contributed by atoms with Crippen LogP contribution in [0.3, 0.4) is 0 Å². The van der Waals surface area contributed by atoms with Crippen molar-refractivity contribution in [3.63, 3.8) is 0 Å². The quantitative estimate of drug-likeness (QED) is 0.410. The lowest BCUT2D eigenvalue weighted by Gasteiger charge is -2.06. The Kier molecular flexibility index (Phi) is 6.70. The highest BCUT2D eigenvalue weighted by molar-refractivity contribution is 6.95. The van der Waals surface area contributed by atoms with Crippen LogP contribution in [-0.4, -0.2) is 19.2 Å². The monoisotopic (exact) mass is 322 g/mol. The van der Waals surface area contributed by atoms with Gasteiger partial charge in [-0.3, -0.25) is 0 Å². The van der Waals surface area contributed by atoms with Crippen molar-refractivity contribution in [2.75, 3.05) is 0 Å². The van der Waals surface area contributed by atoms with Crippen molar-refractivity contribution >= 4 is 91.0 Å². The zero-order chi connectivity index (χ0) is 10.6. The lowest BCUT2D eigenvalue weighted by atomic mass is 10.7. The summed E-state index contributed by atoms with van der Waals surface area (Å²) in [5, 5.41) is -0.222. The minimum absolute atomic E-state index is 0.222. The number of nitrogens with zero attached hydrogens (tertiary/aromatic N) is 2. The largest absolute Gasteiger partial charge is 0.286 e. The molecule has 0 fully saturated rings. The third-order valence-corrected chi connectivity index (χ3v) is 1.80. The Morgan fingerprint density at radius 3 is 1.85 bits per heavy atom. The fourth-order valence-electron chi connectivity index (χ4n) is 0.313. The molecule has 0 amide bonds. The van der Waals surface area contributed by atoms with Gasteiger partial charge in [-0.15, -0.1) is 0 Å². The average Bonchev–Trinajstić information content (AvgIpc) is 1.81. The molecule has 0 aromatic rings. The maximum absolute atomic E-state index is 5.54. The second kappa shape index (κ2) is 6.06. The molecule has 1 atom stereocenters. The van der Waals surface area contributed by atoms with Crippen LogP contribution in [0.15, 0.2) is 9.98 Å². The Bertz CT molecular complexity index is 225. The van der Waals surface area contributed by atoms with Gasteiger partial charge in [0.25, 0.3) is 3.92 Å². The molecule has 2 nitrogen and oxygen atoms in total. The van der Waals surface area contributed by atoms with Gasteiger partial charge < -0.3 is 0 Å². The van der Waals surface area contributed by atoms with E-state index in [0.29, 0.717) is 0 Å². The smallest absolute Gasteiger partial charge is 0.235 e. The first-order chi connectivity index (χ1) is 5.72. The van der Waals surface area contributed by atoms with Crippen molar-refractivity contribution in [1.82, 2.24) is 0 Å². The maximum atomic E-state index is 5.54. The van der Waals surface area contributed by atoms with Gasteiger partial charge in [0.1, 0.15) is 5.17 Å². The average molecular weight is 325 g/mol. The van der Waals surface area contributed by atoms with Crippen LogP contribution in [0.2, 0.25) is 0 Å². The van der Waals surface area contributed by atoms with Crippen LogP contribution < -0.4 is 0 Å². The zero-order valence-electron chi connectivity index (χ0n) is 5.62. The molecule has 0 bridgehead atoms. The second-order valence-corrected chi connectivity index (χ2v) is 5.54. The topological polar surface area (TPSA) is 24.7 Å². The molecule has 0 aliphatic heterocycles. The zero-order valence-corrected chi connectivity index (χ0v) is 10.9. The van der Waals surface area contributed by atoms with Crippen LogP contribution >= 0.6 is 81.2 Å². The first-order valence-electron chi connectivity index (χ1n) is 2.57. The van der Waals surface area contributed by atoms with Crippen molar-refractivity contribution in [2.24, 2.45) is 9.98 Å². The Morgan fingerprint density at radius 2 is 1.54 bits per heavy atom. The molecular formula is C4HCl7N2. The van der Waals surface area contributed by atoms with Crippen molar-refractivity contribution in [3.8, 4) is 0 Å². The molecular weight excluding hydrogens is 324 g/mol. The second-order valence-electron chi connectivity index (χ2n) is 1.61. The van der Waals surface area contributed by atoms with E-state index in [0.717, 1.165) is 0 Å². The summed E-state index contributed by atoms with van der Waals surface area (Å²) in [4.78, 5) is 6.82. The predicted octanol–water partition coefficient (Wildman–Crippen LogP) is 4.35. The number of hydrogen-bond donors (Lipinski definition) is 0. The van der Waals surface area contributed by atoms with E-state index in [4.69, 9.17) is 81.2 Å². The molecule has 0 aromatic heterocycles. The van der Waals surface area contributed by atoms with Gasteiger partial charge in [0, 0.05) is 0 Å². The molecule has 1 unspecified atom stereocenters. The molecule has 13 heavy (non-hydrogen) atoms. The molecule has 0 aromatic carbocycles. The van der Waals surface area contributed by atoms with Crippen LogP contribution in [0.4, 0.5) is 0 Å². The highest BCUT2D eigenvalue weighted by atomic mass is 35.6. The summed E-state index contributed by atoms with van der Waals surface area (Å²) >= 11 is 37.3. The third-order valence-electron chi connectivity index (χ3n) is 0.641. The van der Waals surface area contributed by atoms with Gasteiger partial charge in [-0.05, 0) is 23.2 Å². The molecule has 9 heteroatoms. The fourth-order valence-corrected chi connectivity index (χ4v) is 1.33. The molecule has 0 radical (unpaired) electrons. The van der Waals surface area contributed by atoms with E-state index >= 15 is 0 Å². The normalized spacial score (nSPS) is 15.5. The predicted molar refractivity (Wildman–Crippen MR) is 62.4 cm³/mol. The summed E-state index contributed by atoms with van der Waals surface area (Å²) in [5.41, 5.74) is -1.07. The van der Waals surface area contributed by atoms with Gasteiger partial charge in [-0.25, -0.2) is 9.98 Å². The molecule has 0 rings (SSSR count). The van der Waals surface area contributed by atoms with Gasteiger partial charge >= 0.3 is 0 Å². The lowest BCUT2D eigenvalue weighted by Crippen LogP contribution is -2.10. The Hall–Kier alpha value is 1.37. The SMILES string of the molecule is ClC(Cl)=NC(Cl)C(Cl)=NC(Cl)(Cl)Cl. The maximum Gasteiger partial charge on any atom is 0.286 e. The lowest BCUT2D eigenvalue weighted by molar-refractivity contribution is 1.12. The van der Waals surface area contributed by atoms with E-state index in [-0.39, 0.29) is 9.80 Å². The Labute approximate surface area is 110 Å². The van der Waals surface area contributed by atoms with Gasteiger partial charge in [0.2, 0.25) is 0 Å². The van der Waals surface area contributed by atoms with Gasteiger partial charge in [-0.1, -0.05) is 58.0 Å². The van der Waals surface area contributed by atoms with E-state index in [2.05, 4.69) is 9.98 Å². The Balaban J connectivity index is 4.52. The van der Waals surface area contributed by atoms with Crippen LogP contribution in [-0.2, 0) is 0 Å². The van der Waals surface area contributed by atoms with Crippen molar-refractivity contribution in [1.29, 1.82) is 0 Å². The third kappa shape index (κ3) is 8.37. The van der Waals surface area contributed by atoms with Gasteiger partial charge in [-0.2, -0.15) is 0 Å². The minimum Gasteiger partial charge on any atom is -0.235 e. The summed E-state index contributed by atoms with van der Waals surface area (Å²) in [7, 11) is 0. The summed E-state index contributed by atoms with van der Waals surface area (Å²) in [6.07, 6.45) is 0. The van der Waals surface area contributed by atoms with Crippen molar-refractivity contribution in [2.45, 2.75) is 9.42 Å².